The second kappa shape index (κ2) is 7.58. The molecule has 9 nitrogen and oxygen atoms in total. The molecule has 4 rings (SSSR count). The van der Waals surface area contributed by atoms with Crippen molar-refractivity contribution in [1.29, 1.82) is 5.26 Å². The summed E-state index contributed by atoms with van der Waals surface area (Å²) in [6.07, 6.45) is -1.96. The molecule has 30 heavy (non-hydrogen) atoms. The first kappa shape index (κ1) is 19.6. The Labute approximate surface area is 167 Å². The summed E-state index contributed by atoms with van der Waals surface area (Å²) >= 11 is 0. The number of nitrogens with zero attached hydrogens (tertiary/aromatic N) is 6. The molecule has 1 aliphatic heterocycles. The van der Waals surface area contributed by atoms with E-state index in [-0.39, 0.29) is 29.9 Å². The molecule has 0 aliphatic carbocycles. The molecule has 0 saturated carbocycles. The summed E-state index contributed by atoms with van der Waals surface area (Å²) in [5.41, 5.74) is -0.931. The molecule has 156 valence electrons. The SMILES string of the molecule is N#Cc1nc(-c2ccco2)oc1N1CCN(C(=O)Cn2ccc(C(F)(F)F)n2)CC1. The van der Waals surface area contributed by atoms with Gasteiger partial charge in [-0.1, -0.05) is 0 Å². The van der Waals surface area contributed by atoms with Crippen LogP contribution in [-0.2, 0) is 17.5 Å². The Kier molecular flexibility index (Phi) is 4.94. The molecule has 3 aromatic heterocycles. The van der Waals surface area contributed by atoms with Crippen LogP contribution in [-0.4, -0.2) is 51.8 Å². The van der Waals surface area contributed by atoms with E-state index in [0.29, 0.717) is 31.9 Å². The predicted octanol–water partition coefficient (Wildman–Crippen LogP) is 2.37. The maximum absolute atomic E-state index is 12.6. The van der Waals surface area contributed by atoms with Crippen molar-refractivity contribution >= 4 is 11.8 Å². The van der Waals surface area contributed by atoms with Crippen molar-refractivity contribution in [3.63, 3.8) is 0 Å². The number of carbonyl (C=O) groups is 1. The number of anilines is 1. The first-order valence-electron chi connectivity index (χ1n) is 8.93. The van der Waals surface area contributed by atoms with Gasteiger partial charge in [-0.25, -0.2) is 0 Å². The van der Waals surface area contributed by atoms with Crippen LogP contribution in [0.1, 0.15) is 11.4 Å². The number of furan rings is 1. The number of hydrogen-bond acceptors (Lipinski definition) is 7. The van der Waals surface area contributed by atoms with Gasteiger partial charge in [-0.05, 0) is 18.2 Å². The minimum atomic E-state index is -4.55. The molecular formula is C18H15F3N6O3. The van der Waals surface area contributed by atoms with Gasteiger partial charge >= 0.3 is 6.18 Å². The number of aromatic nitrogens is 3. The zero-order valence-corrected chi connectivity index (χ0v) is 15.5. The maximum atomic E-state index is 12.6. The third-order valence-electron chi connectivity index (χ3n) is 4.60. The molecule has 1 saturated heterocycles. The lowest BCUT2D eigenvalue weighted by molar-refractivity contribution is -0.142. The van der Waals surface area contributed by atoms with Crippen LogP contribution in [0, 0.1) is 11.3 Å². The quantitative estimate of drug-likeness (QED) is 0.638. The first-order valence-corrected chi connectivity index (χ1v) is 8.93. The molecule has 0 spiro atoms. The third-order valence-corrected chi connectivity index (χ3v) is 4.60. The number of hydrogen-bond donors (Lipinski definition) is 0. The van der Waals surface area contributed by atoms with Crippen molar-refractivity contribution in [2.45, 2.75) is 12.7 Å². The molecule has 4 heterocycles. The zero-order chi connectivity index (χ0) is 21.3. The largest absolute Gasteiger partial charge is 0.459 e. The summed E-state index contributed by atoms with van der Waals surface area (Å²) in [6.45, 7) is 1.09. The number of oxazole rings is 1. The predicted molar refractivity (Wildman–Crippen MR) is 94.9 cm³/mol. The normalized spacial score (nSPS) is 14.7. The Bertz CT molecular complexity index is 1070. The minimum absolute atomic E-state index is 0.109. The van der Waals surface area contributed by atoms with E-state index in [1.807, 2.05) is 6.07 Å². The number of nitriles is 1. The van der Waals surface area contributed by atoms with Crippen molar-refractivity contribution in [3.05, 3.63) is 42.0 Å². The van der Waals surface area contributed by atoms with Crippen molar-refractivity contribution in [3.8, 4) is 17.7 Å². The van der Waals surface area contributed by atoms with Gasteiger partial charge in [0, 0.05) is 32.4 Å². The molecule has 1 fully saturated rings. The van der Waals surface area contributed by atoms with Crippen molar-refractivity contribution < 1.29 is 26.8 Å². The van der Waals surface area contributed by atoms with E-state index in [1.165, 1.54) is 11.2 Å². The molecule has 0 atom stereocenters. The van der Waals surface area contributed by atoms with E-state index in [4.69, 9.17) is 8.83 Å². The van der Waals surface area contributed by atoms with Gasteiger partial charge in [-0.15, -0.1) is 0 Å². The van der Waals surface area contributed by atoms with Crippen LogP contribution in [0.3, 0.4) is 0 Å². The Hall–Kier alpha value is -3.75. The van der Waals surface area contributed by atoms with Gasteiger partial charge in [0.05, 0.1) is 6.26 Å². The van der Waals surface area contributed by atoms with Gasteiger partial charge in [-0.3, -0.25) is 9.48 Å². The fraction of sp³-hybridized carbons (Fsp3) is 0.333. The van der Waals surface area contributed by atoms with E-state index >= 15 is 0 Å². The average Bonchev–Trinajstić information content (AvgIpc) is 3.47. The fourth-order valence-corrected chi connectivity index (χ4v) is 3.10. The zero-order valence-electron chi connectivity index (χ0n) is 15.5. The van der Waals surface area contributed by atoms with E-state index < -0.39 is 11.9 Å². The highest BCUT2D eigenvalue weighted by atomic mass is 19.4. The molecule has 12 heteroatoms. The number of rotatable bonds is 4. The molecule has 3 aromatic rings. The Balaban J connectivity index is 1.39. The van der Waals surface area contributed by atoms with Crippen LogP contribution in [0.2, 0.25) is 0 Å². The summed E-state index contributed by atoms with van der Waals surface area (Å²) in [6, 6.07) is 6.15. The van der Waals surface area contributed by atoms with Crippen molar-refractivity contribution in [2.75, 3.05) is 31.1 Å². The number of amides is 1. The van der Waals surface area contributed by atoms with Crippen LogP contribution in [0.4, 0.5) is 19.1 Å². The van der Waals surface area contributed by atoms with E-state index in [1.54, 1.807) is 17.0 Å². The molecular weight excluding hydrogens is 405 g/mol. The van der Waals surface area contributed by atoms with Gasteiger partial charge in [0.2, 0.25) is 17.5 Å². The highest BCUT2D eigenvalue weighted by Crippen LogP contribution is 2.29. The average molecular weight is 420 g/mol. The second-order valence-electron chi connectivity index (χ2n) is 6.53. The third kappa shape index (κ3) is 3.86. The molecule has 0 bridgehead atoms. The van der Waals surface area contributed by atoms with Crippen molar-refractivity contribution in [2.24, 2.45) is 0 Å². The Morgan fingerprint density at radius 2 is 2.00 bits per heavy atom. The lowest BCUT2D eigenvalue weighted by Gasteiger charge is -2.34. The highest BCUT2D eigenvalue weighted by molar-refractivity contribution is 5.76. The van der Waals surface area contributed by atoms with Gasteiger partial charge in [-0.2, -0.15) is 28.5 Å². The standard InChI is InChI=1S/C18H15F3N6O3/c19-18(20,21)14-3-4-27(24-14)11-15(28)25-5-7-26(8-6-25)17-12(10-22)23-16(30-17)13-2-1-9-29-13/h1-4,9H,5-8,11H2. The second-order valence-corrected chi connectivity index (χ2v) is 6.53. The summed E-state index contributed by atoms with van der Waals surface area (Å²) in [7, 11) is 0. The lowest BCUT2D eigenvalue weighted by atomic mass is 10.3. The number of halogens is 3. The fourth-order valence-electron chi connectivity index (χ4n) is 3.10. The van der Waals surface area contributed by atoms with Crippen LogP contribution in [0.15, 0.2) is 39.5 Å². The Morgan fingerprint density at radius 1 is 1.23 bits per heavy atom. The van der Waals surface area contributed by atoms with Crippen LogP contribution in [0.25, 0.3) is 11.7 Å². The molecule has 1 amide bonds. The minimum Gasteiger partial charge on any atom is -0.459 e. The van der Waals surface area contributed by atoms with Crippen LogP contribution < -0.4 is 4.90 Å². The maximum Gasteiger partial charge on any atom is 0.435 e. The van der Waals surface area contributed by atoms with E-state index in [0.717, 1.165) is 16.9 Å². The molecule has 0 N–H and O–H groups in total. The molecule has 0 unspecified atom stereocenters. The summed E-state index contributed by atoms with van der Waals surface area (Å²) in [4.78, 5) is 19.9. The van der Waals surface area contributed by atoms with E-state index in [9.17, 15) is 23.2 Å². The Morgan fingerprint density at radius 3 is 2.60 bits per heavy atom. The summed E-state index contributed by atoms with van der Waals surface area (Å²) in [5, 5.41) is 12.7. The monoisotopic (exact) mass is 420 g/mol. The van der Waals surface area contributed by atoms with Gasteiger partial charge in [0.1, 0.15) is 12.6 Å². The molecule has 1 aliphatic rings. The number of carbonyl (C=O) groups excluding carboxylic acids is 1. The van der Waals surface area contributed by atoms with Gasteiger partial charge in [0.15, 0.2) is 11.5 Å². The topological polar surface area (TPSA) is 104 Å². The first-order chi connectivity index (χ1) is 14.3. The molecule has 0 radical (unpaired) electrons. The summed E-state index contributed by atoms with van der Waals surface area (Å²) < 4.78 is 49.8. The van der Waals surface area contributed by atoms with Crippen molar-refractivity contribution in [1.82, 2.24) is 19.7 Å². The molecule has 0 aromatic carbocycles. The van der Waals surface area contributed by atoms with Gasteiger partial charge in [0.25, 0.3) is 5.89 Å². The number of alkyl halides is 3. The van der Waals surface area contributed by atoms with Gasteiger partial charge < -0.3 is 18.6 Å². The lowest BCUT2D eigenvalue weighted by Crippen LogP contribution is -2.49. The number of piperazine rings is 1. The van der Waals surface area contributed by atoms with E-state index in [2.05, 4.69) is 10.1 Å². The van der Waals surface area contributed by atoms with Crippen LogP contribution >= 0.6 is 0 Å². The highest BCUT2D eigenvalue weighted by Gasteiger charge is 2.34. The van der Waals surface area contributed by atoms with Crippen LogP contribution in [0.5, 0.6) is 0 Å². The smallest absolute Gasteiger partial charge is 0.435 e. The summed E-state index contributed by atoms with van der Waals surface area (Å²) in [5.74, 6) is 0.520.